The van der Waals surface area contributed by atoms with Crippen molar-refractivity contribution in [1.82, 2.24) is 20.5 Å². The molecule has 1 aliphatic heterocycles. The van der Waals surface area contributed by atoms with E-state index in [1.165, 1.54) is 12.1 Å². The summed E-state index contributed by atoms with van der Waals surface area (Å²) in [6, 6.07) is 26.5. The van der Waals surface area contributed by atoms with Crippen LogP contribution in [-0.4, -0.2) is 50.8 Å². The van der Waals surface area contributed by atoms with E-state index in [-0.39, 0.29) is 30.2 Å². The molecule has 3 heterocycles. The van der Waals surface area contributed by atoms with E-state index in [1.54, 1.807) is 18.2 Å². The number of hydrogen-bond acceptors (Lipinski definition) is 7. The first-order valence-electron chi connectivity index (χ1n) is 14.7. The lowest BCUT2D eigenvalue weighted by Crippen LogP contribution is -2.26. The third kappa shape index (κ3) is 5.38. The minimum absolute atomic E-state index is 0.0113. The highest BCUT2D eigenvalue weighted by atomic mass is 19.1. The van der Waals surface area contributed by atoms with Gasteiger partial charge in [0.25, 0.3) is 11.5 Å². The Labute approximate surface area is 261 Å². The third-order valence-electron chi connectivity index (χ3n) is 7.81. The monoisotopic (exact) mass is 614 g/mol. The number of amides is 1. The molecule has 1 aliphatic rings. The predicted octanol–water partition coefficient (Wildman–Crippen LogP) is 5.52. The maximum Gasteiger partial charge on any atom is 0.272 e. The standard InChI is InChI=1S/C35H27FN6O4/c36-26-15-14-20(19-29-21-8-1-2-9-22(21)34(44)41-40-29)18-25(26)33(43)37-16-7-17-46-42-31-24-11-4-6-13-28(24)38-32(31)30-23-10-3-5-12-27(23)39-35(30)45/h1-6,8-15,18,39,45H,7,16-17,19H2,(H,37,43)(H,41,44)/b42-31+. The quantitative estimate of drug-likeness (QED) is 0.125. The summed E-state index contributed by atoms with van der Waals surface area (Å²) in [4.78, 5) is 38.4. The molecule has 0 radical (unpaired) electrons. The molecule has 4 aromatic carbocycles. The normalized spacial score (nSPS) is 13.2. The molecule has 2 aromatic heterocycles. The maximum atomic E-state index is 14.7. The van der Waals surface area contributed by atoms with Gasteiger partial charge >= 0.3 is 0 Å². The zero-order chi connectivity index (χ0) is 31.6. The van der Waals surface area contributed by atoms with Gasteiger partial charge in [-0.15, -0.1) is 0 Å². The van der Waals surface area contributed by atoms with Crippen molar-refractivity contribution in [2.24, 2.45) is 10.1 Å². The summed E-state index contributed by atoms with van der Waals surface area (Å²) >= 11 is 0. The van der Waals surface area contributed by atoms with Gasteiger partial charge in [0.2, 0.25) is 0 Å². The van der Waals surface area contributed by atoms with Gasteiger partial charge in [0.15, 0.2) is 5.88 Å². The number of aromatic hydroxyl groups is 1. The Morgan fingerprint density at radius 3 is 2.59 bits per heavy atom. The summed E-state index contributed by atoms with van der Waals surface area (Å²) in [5, 5.41) is 26.5. The number of nitrogens with zero attached hydrogens (tertiary/aromatic N) is 3. The lowest BCUT2D eigenvalue weighted by Gasteiger charge is -2.09. The molecular weight excluding hydrogens is 587 g/mol. The second kappa shape index (κ2) is 12.1. The van der Waals surface area contributed by atoms with Crippen molar-refractivity contribution in [1.29, 1.82) is 0 Å². The number of carbonyl (C=O) groups is 1. The number of aromatic amines is 2. The van der Waals surface area contributed by atoms with Crippen LogP contribution in [0.15, 0.2) is 106 Å². The second-order valence-electron chi connectivity index (χ2n) is 10.8. The number of oxime groups is 1. The van der Waals surface area contributed by atoms with Gasteiger partial charge < -0.3 is 20.2 Å². The van der Waals surface area contributed by atoms with Crippen molar-refractivity contribution in [3.05, 3.63) is 135 Å². The summed E-state index contributed by atoms with van der Waals surface area (Å²) in [5.74, 6) is -1.21. The molecule has 0 saturated heterocycles. The van der Waals surface area contributed by atoms with E-state index in [0.29, 0.717) is 57.5 Å². The average molecular weight is 615 g/mol. The van der Waals surface area contributed by atoms with Gasteiger partial charge in [-0.1, -0.05) is 65.8 Å². The molecule has 46 heavy (non-hydrogen) atoms. The molecule has 0 saturated carbocycles. The zero-order valence-electron chi connectivity index (χ0n) is 24.4. The molecule has 0 aliphatic carbocycles. The Kier molecular flexibility index (Phi) is 7.55. The van der Waals surface area contributed by atoms with Crippen LogP contribution >= 0.6 is 0 Å². The number of rotatable bonds is 9. The highest BCUT2D eigenvalue weighted by Gasteiger charge is 2.29. The Morgan fingerprint density at radius 1 is 0.957 bits per heavy atom. The number of H-pyrrole nitrogens is 2. The molecule has 228 valence electrons. The predicted molar refractivity (Wildman–Crippen MR) is 174 cm³/mol. The Morgan fingerprint density at radius 2 is 1.72 bits per heavy atom. The summed E-state index contributed by atoms with van der Waals surface area (Å²) in [6.45, 7) is 0.396. The van der Waals surface area contributed by atoms with Gasteiger partial charge in [-0.25, -0.2) is 14.5 Å². The van der Waals surface area contributed by atoms with Crippen LogP contribution in [0.25, 0.3) is 21.7 Å². The van der Waals surface area contributed by atoms with E-state index < -0.39 is 11.7 Å². The van der Waals surface area contributed by atoms with Crippen molar-refractivity contribution in [2.75, 3.05) is 13.2 Å². The fourth-order valence-electron chi connectivity index (χ4n) is 5.61. The number of halogens is 1. The molecule has 4 N–H and O–H groups in total. The summed E-state index contributed by atoms with van der Waals surface area (Å²) < 4.78 is 14.7. The minimum Gasteiger partial charge on any atom is -0.494 e. The number of aromatic nitrogens is 3. The number of para-hydroxylation sites is 2. The van der Waals surface area contributed by atoms with Crippen molar-refractivity contribution >= 4 is 44.7 Å². The van der Waals surface area contributed by atoms with Crippen LogP contribution in [0.2, 0.25) is 0 Å². The minimum atomic E-state index is -0.643. The fourth-order valence-corrected chi connectivity index (χ4v) is 5.61. The van der Waals surface area contributed by atoms with Crippen molar-refractivity contribution in [3.63, 3.8) is 0 Å². The maximum absolute atomic E-state index is 14.7. The van der Waals surface area contributed by atoms with E-state index in [4.69, 9.17) is 9.83 Å². The molecular formula is C35H27FN6O4. The summed E-state index contributed by atoms with van der Waals surface area (Å²) in [5.41, 5.74) is 4.69. The number of hydrogen-bond donors (Lipinski definition) is 4. The van der Waals surface area contributed by atoms with E-state index >= 15 is 0 Å². The summed E-state index contributed by atoms with van der Waals surface area (Å²) in [7, 11) is 0. The largest absolute Gasteiger partial charge is 0.494 e. The fraction of sp³-hybridized carbons (Fsp3) is 0.114. The van der Waals surface area contributed by atoms with Crippen LogP contribution in [0.5, 0.6) is 5.88 Å². The first-order valence-corrected chi connectivity index (χ1v) is 14.7. The van der Waals surface area contributed by atoms with Gasteiger partial charge in [0.05, 0.1) is 27.9 Å². The molecule has 0 unspecified atom stereocenters. The SMILES string of the molecule is O=C(NCCCO/N=C1/C(c2c(O)[nH]c3ccccc23)=Nc2ccccc21)c1cc(Cc2n[nH]c(=O)c3ccccc23)ccc1F. The topological polar surface area (TPSA) is 145 Å². The highest BCUT2D eigenvalue weighted by Crippen LogP contribution is 2.35. The molecule has 0 fully saturated rings. The first kappa shape index (κ1) is 28.7. The van der Waals surface area contributed by atoms with Crippen LogP contribution in [-0.2, 0) is 11.3 Å². The molecule has 10 nitrogen and oxygen atoms in total. The smallest absolute Gasteiger partial charge is 0.272 e. The number of benzene rings is 4. The van der Waals surface area contributed by atoms with Gasteiger partial charge in [-0.2, -0.15) is 5.10 Å². The number of aliphatic imine (C=N–C) groups is 1. The zero-order valence-corrected chi connectivity index (χ0v) is 24.4. The lowest BCUT2D eigenvalue weighted by atomic mass is 10.0. The van der Waals surface area contributed by atoms with Gasteiger partial charge in [0.1, 0.15) is 23.8 Å². The number of carbonyl (C=O) groups excluding carboxylic acids is 1. The average Bonchev–Trinajstić information content (AvgIpc) is 3.60. The van der Waals surface area contributed by atoms with Crippen LogP contribution in [0.3, 0.4) is 0 Å². The van der Waals surface area contributed by atoms with Crippen LogP contribution in [0, 0.1) is 5.82 Å². The Hall–Kier alpha value is -6.10. The van der Waals surface area contributed by atoms with E-state index in [0.717, 1.165) is 16.5 Å². The molecule has 7 rings (SSSR count). The van der Waals surface area contributed by atoms with Crippen LogP contribution < -0.4 is 10.9 Å². The molecule has 0 spiro atoms. The molecule has 0 atom stereocenters. The van der Waals surface area contributed by atoms with Crippen molar-refractivity contribution < 1.29 is 19.1 Å². The van der Waals surface area contributed by atoms with Crippen molar-refractivity contribution in [2.45, 2.75) is 12.8 Å². The van der Waals surface area contributed by atoms with Crippen LogP contribution in [0.4, 0.5) is 10.1 Å². The van der Waals surface area contributed by atoms with E-state index in [9.17, 15) is 19.1 Å². The Bertz CT molecular complexity index is 2250. The first-order chi connectivity index (χ1) is 22.5. The molecule has 11 heteroatoms. The van der Waals surface area contributed by atoms with Gasteiger partial charge in [-0.3, -0.25) is 9.59 Å². The van der Waals surface area contributed by atoms with Crippen molar-refractivity contribution in [3.8, 4) is 5.88 Å². The number of nitrogens with one attached hydrogen (secondary N) is 3. The molecule has 6 aromatic rings. The highest BCUT2D eigenvalue weighted by molar-refractivity contribution is 6.58. The van der Waals surface area contributed by atoms with Gasteiger partial charge in [0, 0.05) is 41.2 Å². The molecule has 0 bridgehead atoms. The van der Waals surface area contributed by atoms with Crippen LogP contribution in [0.1, 0.15) is 39.2 Å². The Balaban J connectivity index is 1.00. The van der Waals surface area contributed by atoms with Gasteiger partial charge in [-0.05, 0) is 35.9 Å². The lowest BCUT2D eigenvalue weighted by molar-refractivity contribution is 0.0939. The third-order valence-corrected chi connectivity index (χ3v) is 7.81. The van der Waals surface area contributed by atoms with E-state index in [1.807, 2.05) is 60.7 Å². The molecule has 1 amide bonds. The summed E-state index contributed by atoms with van der Waals surface area (Å²) in [6.07, 6.45) is 0.709. The second-order valence-corrected chi connectivity index (χ2v) is 10.8. The van der Waals surface area contributed by atoms with E-state index in [2.05, 4.69) is 25.7 Å². The number of fused-ring (bicyclic) bond motifs is 3.